The molecule has 0 aliphatic carbocycles. The molecular formula is C22H23N5O2S2. The van der Waals surface area contributed by atoms with Gasteiger partial charge in [-0.15, -0.1) is 21.5 Å². The molecule has 0 atom stereocenters. The van der Waals surface area contributed by atoms with Gasteiger partial charge in [-0.3, -0.25) is 0 Å². The Kier molecular flexibility index (Phi) is 6.53. The van der Waals surface area contributed by atoms with Gasteiger partial charge in [0, 0.05) is 22.4 Å². The lowest BCUT2D eigenvalue weighted by Crippen LogP contribution is -2.03. The number of methoxy groups -OCH3 is 1. The van der Waals surface area contributed by atoms with Crippen molar-refractivity contribution in [3.63, 3.8) is 0 Å². The zero-order chi connectivity index (χ0) is 21.8. The van der Waals surface area contributed by atoms with Crippen LogP contribution in [0.25, 0.3) is 16.4 Å². The second kappa shape index (κ2) is 9.49. The maximum absolute atomic E-state index is 5.59. The summed E-state index contributed by atoms with van der Waals surface area (Å²) in [5.74, 6) is 2.89. The minimum atomic E-state index is 0.597. The molecule has 4 aromatic rings. The number of hydrogen-bond acceptors (Lipinski definition) is 8. The Morgan fingerprint density at radius 1 is 1.06 bits per heavy atom. The van der Waals surface area contributed by atoms with E-state index in [9.17, 15) is 0 Å². The van der Waals surface area contributed by atoms with Gasteiger partial charge in [-0.25, -0.2) is 9.67 Å². The van der Waals surface area contributed by atoms with Crippen molar-refractivity contribution in [3.05, 3.63) is 58.9 Å². The standard InChI is InChI=1S/C22H23N5O2S2/c1-5-29-18-7-6-16(11-19(18)28-4)22-23-17(13-31-22)12-30-21-9-8-20(24-25-21)27-15(3)10-14(2)26-27/h6-11,13H,5,12H2,1-4H3. The number of hydrogen-bond donors (Lipinski definition) is 0. The minimum absolute atomic E-state index is 0.597. The van der Waals surface area contributed by atoms with Crippen molar-refractivity contribution in [1.29, 1.82) is 0 Å². The third kappa shape index (κ3) is 4.88. The normalized spacial score (nSPS) is 11.0. The summed E-state index contributed by atoms with van der Waals surface area (Å²) in [7, 11) is 1.65. The molecular weight excluding hydrogens is 430 g/mol. The van der Waals surface area contributed by atoms with E-state index in [1.54, 1.807) is 34.9 Å². The Bertz CT molecular complexity index is 1170. The Hall–Kier alpha value is -2.91. The van der Waals surface area contributed by atoms with Crippen LogP contribution in [-0.4, -0.2) is 38.7 Å². The monoisotopic (exact) mass is 453 g/mol. The number of aryl methyl sites for hydroxylation is 2. The number of aromatic nitrogens is 5. The molecule has 0 N–H and O–H groups in total. The van der Waals surface area contributed by atoms with Crippen molar-refractivity contribution < 1.29 is 9.47 Å². The molecule has 0 saturated carbocycles. The van der Waals surface area contributed by atoms with Crippen LogP contribution in [0.4, 0.5) is 0 Å². The van der Waals surface area contributed by atoms with Gasteiger partial charge < -0.3 is 9.47 Å². The first kappa shape index (κ1) is 21.3. The van der Waals surface area contributed by atoms with Crippen LogP contribution in [0, 0.1) is 13.8 Å². The van der Waals surface area contributed by atoms with Crippen molar-refractivity contribution >= 4 is 23.1 Å². The third-order valence-corrected chi connectivity index (χ3v) is 6.38. The molecule has 31 heavy (non-hydrogen) atoms. The van der Waals surface area contributed by atoms with Crippen LogP contribution in [0.5, 0.6) is 11.5 Å². The number of thiazole rings is 1. The number of rotatable bonds is 8. The Balaban J connectivity index is 1.42. The van der Waals surface area contributed by atoms with E-state index in [-0.39, 0.29) is 0 Å². The Labute approximate surface area is 189 Å². The quantitative estimate of drug-likeness (QED) is 0.344. The highest BCUT2D eigenvalue weighted by Gasteiger charge is 2.11. The maximum Gasteiger partial charge on any atom is 0.175 e. The molecule has 9 heteroatoms. The van der Waals surface area contributed by atoms with Gasteiger partial charge in [0.05, 0.1) is 25.1 Å². The van der Waals surface area contributed by atoms with Gasteiger partial charge in [0.2, 0.25) is 0 Å². The van der Waals surface area contributed by atoms with Crippen molar-refractivity contribution in [2.45, 2.75) is 31.6 Å². The Morgan fingerprint density at radius 2 is 1.94 bits per heavy atom. The fourth-order valence-electron chi connectivity index (χ4n) is 3.09. The molecule has 0 radical (unpaired) electrons. The summed E-state index contributed by atoms with van der Waals surface area (Å²) in [6.07, 6.45) is 0. The molecule has 160 valence electrons. The smallest absolute Gasteiger partial charge is 0.175 e. The Morgan fingerprint density at radius 3 is 2.61 bits per heavy atom. The summed E-state index contributed by atoms with van der Waals surface area (Å²) < 4.78 is 12.8. The lowest BCUT2D eigenvalue weighted by molar-refractivity contribution is 0.311. The van der Waals surface area contributed by atoms with Crippen LogP contribution in [-0.2, 0) is 5.75 Å². The molecule has 0 spiro atoms. The summed E-state index contributed by atoms with van der Waals surface area (Å²) in [6, 6.07) is 11.8. The predicted octanol–water partition coefficient (Wildman–Crippen LogP) is 5.10. The van der Waals surface area contributed by atoms with E-state index in [1.165, 1.54) is 0 Å². The molecule has 1 aromatic carbocycles. The third-order valence-electron chi connectivity index (χ3n) is 4.48. The van der Waals surface area contributed by atoms with Crippen molar-refractivity contribution in [3.8, 4) is 27.9 Å². The average Bonchev–Trinajstić information content (AvgIpc) is 3.39. The fraction of sp³-hybridized carbons (Fsp3) is 0.273. The maximum atomic E-state index is 5.59. The van der Waals surface area contributed by atoms with Crippen LogP contribution < -0.4 is 9.47 Å². The molecule has 4 rings (SSSR count). The van der Waals surface area contributed by atoms with E-state index in [4.69, 9.17) is 14.5 Å². The second-order valence-corrected chi connectivity index (χ2v) is 8.65. The van der Waals surface area contributed by atoms with E-state index in [0.717, 1.165) is 50.0 Å². The van der Waals surface area contributed by atoms with Crippen LogP contribution in [0.15, 0.2) is 46.8 Å². The van der Waals surface area contributed by atoms with E-state index in [0.29, 0.717) is 12.4 Å². The number of ether oxygens (including phenoxy) is 2. The van der Waals surface area contributed by atoms with E-state index in [2.05, 4.69) is 20.7 Å². The van der Waals surface area contributed by atoms with Gasteiger partial charge in [-0.1, -0.05) is 11.8 Å². The first-order valence-electron chi connectivity index (χ1n) is 9.83. The SMILES string of the molecule is CCOc1ccc(-c2nc(CSc3ccc(-n4nc(C)cc4C)nn3)cs2)cc1OC. The summed E-state index contributed by atoms with van der Waals surface area (Å²) in [4.78, 5) is 4.77. The summed E-state index contributed by atoms with van der Waals surface area (Å²) in [5, 5.41) is 17.0. The van der Waals surface area contributed by atoms with E-state index >= 15 is 0 Å². The molecule has 3 aromatic heterocycles. The lowest BCUT2D eigenvalue weighted by atomic mass is 10.2. The summed E-state index contributed by atoms with van der Waals surface area (Å²) >= 11 is 3.22. The molecule has 0 unspecified atom stereocenters. The second-order valence-electron chi connectivity index (χ2n) is 6.80. The number of thioether (sulfide) groups is 1. The van der Waals surface area contributed by atoms with Gasteiger partial charge in [0.15, 0.2) is 17.3 Å². The highest BCUT2D eigenvalue weighted by molar-refractivity contribution is 7.98. The largest absolute Gasteiger partial charge is 0.493 e. The molecule has 3 heterocycles. The van der Waals surface area contributed by atoms with E-state index < -0.39 is 0 Å². The highest BCUT2D eigenvalue weighted by Crippen LogP contribution is 2.34. The van der Waals surface area contributed by atoms with Crippen LogP contribution in [0.1, 0.15) is 24.0 Å². The van der Waals surface area contributed by atoms with Gasteiger partial charge in [0.1, 0.15) is 10.0 Å². The summed E-state index contributed by atoms with van der Waals surface area (Å²) in [6.45, 7) is 6.52. The topological polar surface area (TPSA) is 75.0 Å². The fourth-order valence-corrected chi connectivity index (χ4v) is 4.72. The zero-order valence-corrected chi connectivity index (χ0v) is 19.5. The summed E-state index contributed by atoms with van der Waals surface area (Å²) in [5.41, 5.74) is 4.01. The van der Waals surface area contributed by atoms with Crippen LogP contribution in [0.2, 0.25) is 0 Å². The first-order valence-corrected chi connectivity index (χ1v) is 11.7. The molecule has 7 nitrogen and oxygen atoms in total. The molecule has 0 aliphatic rings. The number of benzene rings is 1. The lowest BCUT2D eigenvalue weighted by Gasteiger charge is -2.09. The van der Waals surface area contributed by atoms with E-state index in [1.807, 2.05) is 57.2 Å². The van der Waals surface area contributed by atoms with Crippen LogP contribution in [0.3, 0.4) is 0 Å². The van der Waals surface area contributed by atoms with Crippen LogP contribution >= 0.6 is 23.1 Å². The molecule has 0 saturated heterocycles. The van der Waals surface area contributed by atoms with Gasteiger partial charge in [-0.05, 0) is 57.2 Å². The first-order chi connectivity index (χ1) is 15.1. The van der Waals surface area contributed by atoms with Gasteiger partial charge in [0.25, 0.3) is 0 Å². The van der Waals surface area contributed by atoms with Gasteiger partial charge in [-0.2, -0.15) is 5.10 Å². The average molecular weight is 454 g/mol. The zero-order valence-electron chi connectivity index (χ0n) is 17.8. The van der Waals surface area contributed by atoms with Crippen molar-refractivity contribution in [2.24, 2.45) is 0 Å². The molecule has 0 bridgehead atoms. The highest BCUT2D eigenvalue weighted by atomic mass is 32.2. The van der Waals surface area contributed by atoms with Crippen molar-refractivity contribution in [2.75, 3.05) is 13.7 Å². The number of nitrogens with zero attached hydrogens (tertiary/aromatic N) is 5. The predicted molar refractivity (Wildman–Crippen MR) is 123 cm³/mol. The van der Waals surface area contributed by atoms with Crippen molar-refractivity contribution in [1.82, 2.24) is 25.0 Å². The molecule has 0 aliphatic heterocycles. The van der Waals surface area contributed by atoms with Gasteiger partial charge >= 0.3 is 0 Å². The minimum Gasteiger partial charge on any atom is -0.493 e. The molecule has 0 amide bonds. The molecule has 0 fully saturated rings.